The summed E-state index contributed by atoms with van der Waals surface area (Å²) >= 11 is 0. The number of fused-ring (bicyclic) bond motifs is 1. The Bertz CT molecular complexity index is 995. The van der Waals surface area contributed by atoms with Crippen LogP contribution >= 0.6 is 0 Å². The standard InChI is InChI=1S/C20H22N4O4/c1-12-4-6-14(7-5-12)16-10-15(18-13(2)24-28-20(18)23-16)19(26)22-11-17(25)21-8-9-27-3/h4-7,10H,8-9,11H2,1-3H3,(H,21,25)(H,22,26). The number of hydrogen-bond donors (Lipinski definition) is 2. The first-order valence-corrected chi connectivity index (χ1v) is 8.87. The Kier molecular flexibility index (Phi) is 6.00. The number of aryl methyl sites for hydroxylation is 2. The molecular weight excluding hydrogens is 360 g/mol. The Morgan fingerprint density at radius 3 is 2.61 bits per heavy atom. The molecule has 28 heavy (non-hydrogen) atoms. The molecule has 0 fully saturated rings. The number of pyridine rings is 1. The molecule has 0 saturated heterocycles. The molecule has 2 N–H and O–H groups in total. The molecule has 0 atom stereocenters. The van der Waals surface area contributed by atoms with Crippen LogP contribution in [-0.4, -0.2) is 48.8 Å². The van der Waals surface area contributed by atoms with Gasteiger partial charge in [0.15, 0.2) is 0 Å². The highest BCUT2D eigenvalue weighted by Gasteiger charge is 2.19. The summed E-state index contributed by atoms with van der Waals surface area (Å²) in [6, 6.07) is 9.48. The minimum Gasteiger partial charge on any atom is -0.383 e. The zero-order chi connectivity index (χ0) is 20.1. The van der Waals surface area contributed by atoms with Crippen molar-refractivity contribution < 1.29 is 18.8 Å². The molecule has 1 aromatic carbocycles. The van der Waals surface area contributed by atoms with Gasteiger partial charge in [0.1, 0.15) is 0 Å². The summed E-state index contributed by atoms with van der Waals surface area (Å²) in [6.45, 7) is 4.39. The van der Waals surface area contributed by atoms with Crippen LogP contribution in [-0.2, 0) is 9.53 Å². The Morgan fingerprint density at radius 1 is 1.14 bits per heavy atom. The molecule has 8 nitrogen and oxygen atoms in total. The zero-order valence-electron chi connectivity index (χ0n) is 16.0. The number of nitrogens with zero attached hydrogens (tertiary/aromatic N) is 2. The largest absolute Gasteiger partial charge is 0.383 e. The van der Waals surface area contributed by atoms with Crippen LogP contribution < -0.4 is 10.6 Å². The second-order valence-corrected chi connectivity index (χ2v) is 6.39. The van der Waals surface area contributed by atoms with E-state index in [1.807, 2.05) is 31.2 Å². The van der Waals surface area contributed by atoms with Crippen molar-refractivity contribution in [2.45, 2.75) is 13.8 Å². The molecule has 8 heteroatoms. The van der Waals surface area contributed by atoms with E-state index < -0.39 is 5.91 Å². The van der Waals surface area contributed by atoms with Crippen LogP contribution in [0.15, 0.2) is 34.9 Å². The van der Waals surface area contributed by atoms with Crippen molar-refractivity contribution in [2.24, 2.45) is 0 Å². The summed E-state index contributed by atoms with van der Waals surface area (Å²) in [4.78, 5) is 29.1. The Balaban J connectivity index is 1.86. The first kappa shape index (κ1) is 19.5. The quantitative estimate of drug-likeness (QED) is 0.606. The van der Waals surface area contributed by atoms with Crippen LogP contribution in [0.5, 0.6) is 0 Å². The maximum Gasteiger partial charge on any atom is 0.259 e. The summed E-state index contributed by atoms with van der Waals surface area (Å²) in [6.07, 6.45) is 0. The second-order valence-electron chi connectivity index (χ2n) is 6.39. The van der Waals surface area contributed by atoms with Crippen molar-refractivity contribution >= 4 is 22.9 Å². The molecule has 2 amide bonds. The van der Waals surface area contributed by atoms with Crippen LogP contribution in [0.4, 0.5) is 0 Å². The minimum absolute atomic E-state index is 0.142. The number of carbonyl (C=O) groups is 2. The number of methoxy groups -OCH3 is 1. The molecule has 3 aromatic rings. The van der Waals surface area contributed by atoms with Gasteiger partial charge in [-0.25, -0.2) is 4.98 Å². The summed E-state index contributed by atoms with van der Waals surface area (Å²) in [5.41, 5.74) is 3.78. The van der Waals surface area contributed by atoms with Crippen LogP contribution in [0, 0.1) is 13.8 Å². The lowest BCUT2D eigenvalue weighted by atomic mass is 10.0. The van der Waals surface area contributed by atoms with Crippen LogP contribution in [0.3, 0.4) is 0 Å². The molecule has 0 unspecified atom stereocenters. The fourth-order valence-electron chi connectivity index (χ4n) is 2.76. The first-order valence-electron chi connectivity index (χ1n) is 8.87. The summed E-state index contributed by atoms with van der Waals surface area (Å²) < 4.78 is 10.2. The predicted octanol–water partition coefficient (Wildman–Crippen LogP) is 2.00. The fourth-order valence-corrected chi connectivity index (χ4v) is 2.76. The lowest BCUT2D eigenvalue weighted by molar-refractivity contribution is -0.120. The monoisotopic (exact) mass is 382 g/mol. The Hall–Kier alpha value is -3.26. The molecule has 2 heterocycles. The van der Waals surface area contributed by atoms with Gasteiger partial charge in [0.2, 0.25) is 5.91 Å². The van der Waals surface area contributed by atoms with E-state index >= 15 is 0 Å². The summed E-state index contributed by atoms with van der Waals surface area (Å²) in [7, 11) is 1.55. The average molecular weight is 382 g/mol. The van der Waals surface area contributed by atoms with Gasteiger partial charge >= 0.3 is 0 Å². The molecule has 0 aliphatic carbocycles. The highest BCUT2D eigenvalue weighted by Crippen LogP contribution is 2.27. The maximum absolute atomic E-state index is 12.8. The van der Waals surface area contributed by atoms with E-state index in [4.69, 9.17) is 9.26 Å². The SMILES string of the molecule is COCCNC(=O)CNC(=O)c1cc(-c2ccc(C)cc2)nc2onc(C)c12. The van der Waals surface area contributed by atoms with Crippen LogP contribution in [0.2, 0.25) is 0 Å². The number of hydrogen-bond acceptors (Lipinski definition) is 6. The van der Waals surface area contributed by atoms with Gasteiger partial charge in [-0.1, -0.05) is 35.0 Å². The third kappa shape index (κ3) is 4.34. The van der Waals surface area contributed by atoms with E-state index in [2.05, 4.69) is 20.8 Å². The van der Waals surface area contributed by atoms with Crippen molar-refractivity contribution in [1.82, 2.24) is 20.8 Å². The molecule has 0 saturated carbocycles. The van der Waals surface area contributed by atoms with Gasteiger partial charge in [0, 0.05) is 19.2 Å². The molecule has 146 valence electrons. The third-order valence-corrected chi connectivity index (χ3v) is 4.25. The third-order valence-electron chi connectivity index (χ3n) is 4.25. The van der Waals surface area contributed by atoms with Crippen molar-refractivity contribution in [3.63, 3.8) is 0 Å². The Labute approximate surface area is 162 Å². The summed E-state index contributed by atoms with van der Waals surface area (Å²) in [5, 5.41) is 9.75. The highest BCUT2D eigenvalue weighted by molar-refractivity contribution is 6.07. The number of rotatable bonds is 7. The molecule has 0 bridgehead atoms. The fraction of sp³-hybridized carbons (Fsp3) is 0.300. The van der Waals surface area contributed by atoms with E-state index in [0.29, 0.717) is 35.5 Å². The molecular formula is C20H22N4O4. The van der Waals surface area contributed by atoms with E-state index in [-0.39, 0.29) is 18.2 Å². The number of benzene rings is 1. The molecule has 2 aromatic heterocycles. The first-order chi connectivity index (χ1) is 13.5. The van der Waals surface area contributed by atoms with Crippen molar-refractivity contribution in [2.75, 3.05) is 26.8 Å². The van der Waals surface area contributed by atoms with E-state index in [1.54, 1.807) is 20.1 Å². The summed E-state index contributed by atoms with van der Waals surface area (Å²) in [5.74, 6) is -0.689. The van der Waals surface area contributed by atoms with Gasteiger partial charge < -0.3 is 19.9 Å². The van der Waals surface area contributed by atoms with Crippen molar-refractivity contribution in [3.05, 3.63) is 47.2 Å². The molecule has 3 rings (SSSR count). The molecule has 0 spiro atoms. The Morgan fingerprint density at radius 2 is 1.89 bits per heavy atom. The van der Waals surface area contributed by atoms with Crippen molar-refractivity contribution in [1.29, 1.82) is 0 Å². The van der Waals surface area contributed by atoms with Gasteiger partial charge in [-0.05, 0) is 19.9 Å². The zero-order valence-corrected chi connectivity index (χ0v) is 16.0. The van der Waals surface area contributed by atoms with E-state index in [0.717, 1.165) is 11.1 Å². The van der Waals surface area contributed by atoms with Crippen LogP contribution in [0.1, 0.15) is 21.6 Å². The van der Waals surface area contributed by atoms with Gasteiger partial charge in [-0.15, -0.1) is 0 Å². The number of ether oxygens (including phenoxy) is 1. The molecule has 0 aliphatic heterocycles. The average Bonchev–Trinajstić information content (AvgIpc) is 3.07. The second kappa shape index (κ2) is 8.62. The highest BCUT2D eigenvalue weighted by atomic mass is 16.5. The van der Waals surface area contributed by atoms with Gasteiger partial charge in [-0.2, -0.15) is 0 Å². The molecule has 0 radical (unpaired) electrons. The van der Waals surface area contributed by atoms with Crippen LogP contribution in [0.25, 0.3) is 22.4 Å². The minimum atomic E-state index is -0.394. The smallest absolute Gasteiger partial charge is 0.259 e. The molecule has 0 aliphatic rings. The van der Waals surface area contributed by atoms with Crippen molar-refractivity contribution in [3.8, 4) is 11.3 Å². The number of nitrogens with one attached hydrogen (secondary N) is 2. The normalized spacial score (nSPS) is 10.8. The van der Waals surface area contributed by atoms with Gasteiger partial charge in [0.05, 0.1) is 35.5 Å². The maximum atomic E-state index is 12.8. The van der Waals surface area contributed by atoms with E-state index in [9.17, 15) is 9.59 Å². The predicted molar refractivity (Wildman–Crippen MR) is 104 cm³/mol. The lowest BCUT2D eigenvalue weighted by Gasteiger charge is -2.09. The number of aromatic nitrogens is 2. The van der Waals surface area contributed by atoms with E-state index in [1.165, 1.54) is 0 Å². The topological polar surface area (TPSA) is 106 Å². The van der Waals surface area contributed by atoms with Gasteiger partial charge in [-0.3, -0.25) is 9.59 Å². The number of carbonyl (C=O) groups excluding carboxylic acids is 2. The lowest BCUT2D eigenvalue weighted by Crippen LogP contribution is -2.38. The van der Waals surface area contributed by atoms with Gasteiger partial charge in [0.25, 0.3) is 11.6 Å². The number of amides is 2.